The van der Waals surface area contributed by atoms with Crippen LogP contribution in [-0.2, 0) is 4.79 Å². The smallest absolute Gasteiger partial charge is 0.328 e. The van der Waals surface area contributed by atoms with Gasteiger partial charge in [0.15, 0.2) is 6.04 Å². The van der Waals surface area contributed by atoms with Crippen LogP contribution >= 0.6 is 0 Å². The molecular weight excluding hydrogens is 256 g/mol. The van der Waals surface area contributed by atoms with E-state index in [0.29, 0.717) is 5.56 Å². The summed E-state index contributed by atoms with van der Waals surface area (Å²) in [6.45, 7) is 0.794. The summed E-state index contributed by atoms with van der Waals surface area (Å²) in [5, 5.41) is 30.2. The van der Waals surface area contributed by atoms with Gasteiger partial charge in [-0.25, -0.2) is 4.79 Å². The molecule has 1 atom stereocenters. The van der Waals surface area contributed by atoms with Gasteiger partial charge in [-0.1, -0.05) is 6.07 Å². The second kappa shape index (κ2) is 5.91. The van der Waals surface area contributed by atoms with Crippen molar-refractivity contribution in [1.29, 1.82) is 0 Å². The van der Waals surface area contributed by atoms with Gasteiger partial charge in [0.2, 0.25) is 0 Å². The van der Waals surface area contributed by atoms with Crippen LogP contribution in [0.3, 0.4) is 0 Å². The minimum absolute atomic E-state index is 0.00565. The molecular formula is C11H12N2O6. The first-order valence-corrected chi connectivity index (χ1v) is 5.26. The number of nitrogens with zero attached hydrogens (tertiary/aromatic N) is 1. The summed E-state index contributed by atoms with van der Waals surface area (Å²) in [6.07, 6.45) is 0. The van der Waals surface area contributed by atoms with Gasteiger partial charge in [-0.2, -0.15) is 0 Å². The highest BCUT2D eigenvalue weighted by molar-refractivity contribution is 5.98. The Morgan fingerprint density at radius 3 is 2.58 bits per heavy atom. The lowest BCUT2D eigenvalue weighted by atomic mass is 10.1. The number of nitrogens with one attached hydrogen (secondary N) is 1. The number of carboxylic acids is 1. The topological polar surface area (TPSA) is 130 Å². The highest BCUT2D eigenvalue weighted by Gasteiger charge is 2.21. The Labute approximate surface area is 107 Å². The number of non-ortho nitro benzene ring substituents is 1. The van der Waals surface area contributed by atoms with Crippen molar-refractivity contribution in [3.05, 3.63) is 39.4 Å². The molecule has 1 amide bonds. The maximum Gasteiger partial charge on any atom is 0.328 e. The third-order valence-corrected chi connectivity index (χ3v) is 2.46. The van der Waals surface area contributed by atoms with E-state index in [9.17, 15) is 19.7 Å². The van der Waals surface area contributed by atoms with Gasteiger partial charge in [-0.3, -0.25) is 14.9 Å². The number of aliphatic carboxylic acids is 1. The lowest BCUT2D eigenvalue weighted by Crippen LogP contribution is -2.43. The number of hydrogen-bond acceptors (Lipinski definition) is 5. The molecule has 0 fully saturated rings. The van der Waals surface area contributed by atoms with E-state index in [-0.39, 0.29) is 11.3 Å². The molecule has 0 bridgehead atoms. The summed E-state index contributed by atoms with van der Waals surface area (Å²) < 4.78 is 0. The molecule has 1 aromatic rings. The Morgan fingerprint density at radius 2 is 2.11 bits per heavy atom. The van der Waals surface area contributed by atoms with E-state index in [0.717, 1.165) is 6.07 Å². The van der Waals surface area contributed by atoms with E-state index in [2.05, 4.69) is 5.32 Å². The fraction of sp³-hybridized carbons (Fsp3) is 0.273. The standard InChI is InChI=1S/C11H12N2O6/c1-6-2-3-7(13(18)19)4-8(6)10(15)12-9(5-14)11(16)17/h2-4,9,14H,5H2,1H3,(H,12,15)(H,16,17)/t9-/m1/s1. The van der Waals surface area contributed by atoms with Crippen LogP contribution in [0.1, 0.15) is 15.9 Å². The van der Waals surface area contributed by atoms with Crippen molar-refractivity contribution in [3.63, 3.8) is 0 Å². The Hall–Kier alpha value is -2.48. The molecule has 0 heterocycles. The summed E-state index contributed by atoms with van der Waals surface area (Å²) in [4.78, 5) is 32.4. The molecule has 0 saturated heterocycles. The molecule has 0 aromatic heterocycles. The largest absolute Gasteiger partial charge is 0.480 e. The third-order valence-electron chi connectivity index (χ3n) is 2.46. The normalized spacial score (nSPS) is 11.7. The van der Waals surface area contributed by atoms with Crippen LogP contribution in [-0.4, -0.2) is 39.7 Å². The number of benzene rings is 1. The zero-order valence-electron chi connectivity index (χ0n) is 9.99. The van der Waals surface area contributed by atoms with E-state index >= 15 is 0 Å². The molecule has 0 aliphatic carbocycles. The molecule has 0 saturated carbocycles. The minimum atomic E-state index is -1.45. The highest BCUT2D eigenvalue weighted by Crippen LogP contribution is 2.17. The van der Waals surface area contributed by atoms with Crippen molar-refractivity contribution in [2.75, 3.05) is 6.61 Å². The Morgan fingerprint density at radius 1 is 1.47 bits per heavy atom. The van der Waals surface area contributed by atoms with E-state index < -0.39 is 29.4 Å². The van der Waals surface area contributed by atoms with Crippen molar-refractivity contribution < 1.29 is 24.7 Å². The van der Waals surface area contributed by atoms with Crippen LogP contribution in [0.2, 0.25) is 0 Å². The fourth-order valence-corrected chi connectivity index (χ4v) is 1.39. The Balaban J connectivity index is 3.02. The second-order valence-corrected chi connectivity index (χ2v) is 3.80. The van der Waals surface area contributed by atoms with Crippen LogP contribution in [0.4, 0.5) is 5.69 Å². The average molecular weight is 268 g/mol. The van der Waals surface area contributed by atoms with E-state index in [1.165, 1.54) is 12.1 Å². The number of carbonyl (C=O) groups excluding carboxylic acids is 1. The van der Waals surface area contributed by atoms with Gasteiger partial charge in [0.05, 0.1) is 11.5 Å². The summed E-state index contributed by atoms with van der Waals surface area (Å²) in [6, 6.07) is 2.24. The maximum absolute atomic E-state index is 11.8. The molecule has 0 aliphatic rings. The van der Waals surface area contributed by atoms with Gasteiger partial charge in [0, 0.05) is 17.7 Å². The van der Waals surface area contributed by atoms with Crippen LogP contribution in [0.25, 0.3) is 0 Å². The van der Waals surface area contributed by atoms with Crippen LogP contribution in [0.15, 0.2) is 18.2 Å². The molecule has 0 spiro atoms. The molecule has 1 rings (SSSR count). The summed E-state index contributed by atoms with van der Waals surface area (Å²) in [5.41, 5.74) is 0.186. The summed E-state index contributed by atoms with van der Waals surface area (Å²) in [7, 11) is 0. The maximum atomic E-state index is 11.8. The lowest BCUT2D eigenvalue weighted by molar-refractivity contribution is -0.384. The molecule has 0 aliphatic heterocycles. The number of nitro benzene ring substituents is 1. The average Bonchev–Trinajstić information content (AvgIpc) is 2.35. The van der Waals surface area contributed by atoms with Crippen molar-refractivity contribution in [1.82, 2.24) is 5.32 Å². The number of carbonyl (C=O) groups is 2. The monoisotopic (exact) mass is 268 g/mol. The predicted octanol–water partition coefficient (Wildman–Crippen LogP) is 0.0785. The van der Waals surface area contributed by atoms with Crippen molar-refractivity contribution in [2.24, 2.45) is 0 Å². The zero-order chi connectivity index (χ0) is 14.6. The second-order valence-electron chi connectivity index (χ2n) is 3.80. The van der Waals surface area contributed by atoms with Crippen molar-refractivity contribution in [3.8, 4) is 0 Å². The SMILES string of the molecule is Cc1ccc([N+](=O)[O-])cc1C(=O)N[C@H](CO)C(=O)O. The molecule has 3 N–H and O–H groups in total. The number of carboxylic acid groups (broad SMARTS) is 1. The van der Waals surface area contributed by atoms with E-state index in [4.69, 9.17) is 10.2 Å². The van der Waals surface area contributed by atoms with Crippen molar-refractivity contribution in [2.45, 2.75) is 13.0 Å². The summed E-state index contributed by atoms with van der Waals surface area (Å²) in [5.74, 6) is -2.18. The predicted molar refractivity (Wildman–Crippen MR) is 63.8 cm³/mol. The first kappa shape index (κ1) is 14.6. The fourth-order valence-electron chi connectivity index (χ4n) is 1.39. The summed E-state index contributed by atoms with van der Waals surface area (Å²) >= 11 is 0. The zero-order valence-corrected chi connectivity index (χ0v) is 9.99. The quantitative estimate of drug-likeness (QED) is 0.512. The van der Waals surface area contributed by atoms with Crippen molar-refractivity contribution >= 4 is 17.6 Å². The van der Waals surface area contributed by atoms with E-state index in [1.54, 1.807) is 6.92 Å². The van der Waals surface area contributed by atoms with Gasteiger partial charge in [-0.05, 0) is 12.5 Å². The van der Waals surface area contributed by atoms with Crippen LogP contribution < -0.4 is 5.32 Å². The highest BCUT2D eigenvalue weighted by atomic mass is 16.6. The molecule has 1 aromatic carbocycles. The molecule has 19 heavy (non-hydrogen) atoms. The Kier molecular flexibility index (Phi) is 4.54. The number of hydrogen-bond donors (Lipinski definition) is 3. The van der Waals surface area contributed by atoms with Gasteiger partial charge in [-0.15, -0.1) is 0 Å². The van der Waals surface area contributed by atoms with Gasteiger partial charge < -0.3 is 15.5 Å². The van der Waals surface area contributed by atoms with Gasteiger partial charge in [0.25, 0.3) is 11.6 Å². The number of aryl methyl sites for hydroxylation is 1. The Bertz CT molecular complexity index is 528. The lowest BCUT2D eigenvalue weighted by Gasteiger charge is -2.12. The first-order chi connectivity index (χ1) is 8.86. The molecule has 8 heteroatoms. The number of aliphatic hydroxyl groups excluding tert-OH is 1. The van der Waals surface area contributed by atoms with Gasteiger partial charge in [0.1, 0.15) is 0 Å². The van der Waals surface area contributed by atoms with Gasteiger partial charge >= 0.3 is 5.97 Å². The van der Waals surface area contributed by atoms with E-state index in [1.807, 2.05) is 0 Å². The molecule has 0 unspecified atom stereocenters. The third kappa shape index (κ3) is 3.49. The number of amides is 1. The van der Waals surface area contributed by atoms with Crippen LogP contribution in [0.5, 0.6) is 0 Å². The first-order valence-electron chi connectivity index (χ1n) is 5.26. The minimum Gasteiger partial charge on any atom is -0.480 e. The number of aliphatic hydroxyl groups is 1. The number of rotatable bonds is 5. The van der Waals surface area contributed by atoms with Crippen LogP contribution in [0, 0.1) is 17.0 Å². The number of nitro groups is 1. The molecule has 0 radical (unpaired) electrons. The molecule has 102 valence electrons. The molecule has 8 nitrogen and oxygen atoms in total.